The minimum atomic E-state index is 0.329. The summed E-state index contributed by atoms with van der Waals surface area (Å²) < 4.78 is 5.63. The van der Waals surface area contributed by atoms with Crippen LogP contribution in [0.3, 0.4) is 0 Å². The lowest BCUT2D eigenvalue weighted by Gasteiger charge is -2.12. The maximum Gasteiger partial charge on any atom is 0.237 e. The van der Waals surface area contributed by atoms with Crippen LogP contribution in [0.25, 0.3) is 44.8 Å². The Kier molecular flexibility index (Phi) is 9.56. The van der Waals surface area contributed by atoms with Crippen molar-refractivity contribution in [1.82, 2.24) is 20.1 Å². The van der Waals surface area contributed by atoms with Crippen molar-refractivity contribution in [2.75, 3.05) is 0 Å². The summed E-state index contributed by atoms with van der Waals surface area (Å²) in [5, 5.41) is 25.9. The van der Waals surface area contributed by atoms with Crippen LogP contribution in [-0.2, 0) is 11.5 Å². The van der Waals surface area contributed by atoms with Crippen LogP contribution in [0.1, 0.15) is 22.8 Å². The van der Waals surface area contributed by atoms with Crippen LogP contribution < -0.4 is 0 Å². The summed E-state index contributed by atoms with van der Waals surface area (Å²) in [7, 11) is 0. The van der Waals surface area contributed by atoms with Gasteiger partial charge >= 0.3 is 0 Å². The van der Waals surface area contributed by atoms with Gasteiger partial charge in [0.2, 0.25) is 5.89 Å². The first-order chi connectivity index (χ1) is 24.2. The van der Waals surface area contributed by atoms with Crippen LogP contribution >= 0.6 is 23.5 Å². The Bertz CT molecular complexity index is 2140. The number of rotatable bonds is 10. The maximum atomic E-state index is 10.2. The molecule has 0 atom stereocenters. The van der Waals surface area contributed by atoms with Crippen LogP contribution in [0, 0.1) is 22.7 Å². The third kappa shape index (κ3) is 7.14. The highest BCUT2D eigenvalue weighted by Gasteiger charge is 2.19. The van der Waals surface area contributed by atoms with Gasteiger partial charge in [-0.05, 0) is 23.3 Å². The first-order valence-corrected chi connectivity index (χ1v) is 17.4. The number of thioether (sulfide) groups is 2. The monoisotopic (exact) mass is 670 g/mol. The van der Waals surface area contributed by atoms with Gasteiger partial charge in [-0.15, -0.1) is 0 Å². The van der Waals surface area contributed by atoms with Crippen molar-refractivity contribution in [3.63, 3.8) is 0 Å². The highest BCUT2D eigenvalue weighted by atomic mass is 32.2. The summed E-state index contributed by atoms with van der Waals surface area (Å²) in [4.78, 5) is 14.4. The van der Waals surface area contributed by atoms with Crippen molar-refractivity contribution in [2.24, 2.45) is 0 Å². The Morgan fingerprint density at radius 1 is 0.510 bits per heavy atom. The largest absolute Gasteiger partial charge is 0.338 e. The third-order valence-electron chi connectivity index (χ3n) is 7.69. The summed E-state index contributed by atoms with van der Waals surface area (Å²) in [6.07, 6.45) is 0. The lowest BCUT2D eigenvalue weighted by atomic mass is 9.99. The molecular weight excluding hydrogens is 645 g/mol. The molecule has 234 valence electrons. The van der Waals surface area contributed by atoms with Crippen molar-refractivity contribution < 1.29 is 4.52 Å². The SMILES string of the molecule is N#Cc1c(-c2ccccc2)cc(-c2ccccc2)nc1SCc1noc(CSc2nc(-c3ccccc3)cc(-c3ccccc3)c2C#N)n1. The van der Waals surface area contributed by atoms with Crippen molar-refractivity contribution in [1.29, 1.82) is 10.5 Å². The second-order valence-corrected chi connectivity index (χ2v) is 12.8. The number of aromatic nitrogens is 4. The number of hydrogen-bond acceptors (Lipinski definition) is 9. The van der Waals surface area contributed by atoms with Gasteiger partial charge < -0.3 is 4.52 Å². The molecule has 3 aromatic heterocycles. The molecule has 0 fully saturated rings. The van der Waals surface area contributed by atoms with Gasteiger partial charge in [0, 0.05) is 22.3 Å². The van der Waals surface area contributed by atoms with Crippen LogP contribution in [0.5, 0.6) is 0 Å². The number of hydrogen-bond donors (Lipinski definition) is 0. The molecule has 4 aromatic carbocycles. The fourth-order valence-corrected chi connectivity index (χ4v) is 7.03. The Balaban J connectivity index is 1.14. The molecule has 7 aromatic rings. The number of pyridine rings is 2. The highest BCUT2D eigenvalue weighted by Crippen LogP contribution is 2.37. The molecule has 9 heteroatoms. The maximum absolute atomic E-state index is 10.2. The van der Waals surface area contributed by atoms with E-state index in [1.165, 1.54) is 23.5 Å². The molecule has 0 unspecified atom stereocenters. The topological polar surface area (TPSA) is 112 Å². The van der Waals surface area contributed by atoms with Crippen molar-refractivity contribution in [3.05, 3.63) is 156 Å². The summed E-state index contributed by atoms with van der Waals surface area (Å²) in [6, 6.07) is 48.2. The van der Waals surface area contributed by atoms with Crippen molar-refractivity contribution in [3.8, 4) is 56.9 Å². The Labute approximate surface area is 292 Å². The van der Waals surface area contributed by atoms with Gasteiger partial charge in [-0.2, -0.15) is 15.5 Å². The number of nitriles is 2. The molecule has 3 heterocycles. The quantitative estimate of drug-likeness (QED) is 0.131. The molecule has 0 aliphatic heterocycles. The van der Waals surface area contributed by atoms with Crippen LogP contribution in [0.2, 0.25) is 0 Å². The van der Waals surface area contributed by atoms with E-state index >= 15 is 0 Å². The average molecular weight is 671 g/mol. The lowest BCUT2D eigenvalue weighted by Crippen LogP contribution is -1.97. The zero-order chi connectivity index (χ0) is 33.4. The van der Waals surface area contributed by atoms with Gasteiger partial charge in [0.25, 0.3) is 0 Å². The first kappa shape index (κ1) is 31.6. The van der Waals surface area contributed by atoms with Crippen LogP contribution in [0.4, 0.5) is 0 Å². The molecule has 0 saturated heterocycles. The summed E-state index contributed by atoms with van der Waals surface area (Å²) in [5.74, 6) is 1.57. The van der Waals surface area contributed by atoms with E-state index in [0.29, 0.717) is 44.4 Å². The molecule has 0 saturated carbocycles. The molecule has 49 heavy (non-hydrogen) atoms. The van der Waals surface area contributed by atoms with E-state index in [0.717, 1.165) is 44.8 Å². The summed E-state index contributed by atoms with van der Waals surface area (Å²) in [5.41, 5.74) is 7.98. The number of nitrogens with zero attached hydrogens (tertiary/aromatic N) is 6. The molecule has 0 amide bonds. The first-order valence-electron chi connectivity index (χ1n) is 15.4. The molecule has 0 radical (unpaired) electrons. The van der Waals surface area contributed by atoms with E-state index < -0.39 is 0 Å². The van der Waals surface area contributed by atoms with E-state index in [4.69, 9.17) is 14.5 Å². The standard InChI is InChI=1S/C40H26N6OS2/c41-23-33-31(27-13-5-1-6-14-27)21-35(29-17-9-3-10-18-29)43-39(33)48-25-37-45-38(47-46-37)26-49-40-34(24-42)32(28-15-7-2-8-16-28)22-36(44-40)30-19-11-4-12-20-30/h1-22H,25-26H2. The zero-order valence-corrected chi connectivity index (χ0v) is 27.7. The highest BCUT2D eigenvalue weighted by molar-refractivity contribution is 7.98. The fourth-order valence-electron chi connectivity index (χ4n) is 5.34. The van der Waals surface area contributed by atoms with Crippen molar-refractivity contribution in [2.45, 2.75) is 21.6 Å². The van der Waals surface area contributed by atoms with Crippen molar-refractivity contribution >= 4 is 23.5 Å². The molecule has 0 bridgehead atoms. The second kappa shape index (κ2) is 14.8. The molecule has 7 nitrogen and oxygen atoms in total. The normalized spacial score (nSPS) is 10.7. The van der Waals surface area contributed by atoms with Gasteiger partial charge in [-0.3, -0.25) is 0 Å². The van der Waals surface area contributed by atoms with Gasteiger partial charge in [0.05, 0.1) is 34.0 Å². The molecule has 0 N–H and O–H groups in total. The predicted octanol–water partition coefficient (Wildman–Crippen LogP) is 9.86. The zero-order valence-electron chi connectivity index (χ0n) is 26.0. The van der Waals surface area contributed by atoms with Gasteiger partial charge in [0.15, 0.2) is 5.82 Å². The molecular formula is C40H26N6OS2. The van der Waals surface area contributed by atoms with Crippen LogP contribution in [-0.4, -0.2) is 20.1 Å². The Morgan fingerprint density at radius 3 is 1.35 bits per heavy atom. The van der Waals surface area contributed by atoms with Gasteiger partial charge in [0.1, 0.15) is 22.2 Å². The number of benzene rings is 4. The van der Waals surface area contributed by atoms with Gasteiger partial charge in [-0.25, -0.2) is 9.97 Å². The van der Waals surface area contributed by atoms with E-state index in [1.807, 2.05) is 133 Å². The fraction of sp³-hybridized carbons (Fsp3) is 0.0500. The van der Waals surface area contributed by atoms with E-state index in [-0.39, 0.29) is 0 Å². The van der Waals surface area contributed by atoms with Crippen LogP contribution in [0.15, 0.2) is 148 Å². The van der Waals surface area contributed by atoms with E-state index in [9.17, 15) is 10.5 Å². The molecule has 0 spiro atoms. The van der Waals surface area contributed by atoms with E-state index in [2.05, 4.69) is 22.3 Å². The third-order valence-corrected chi connectivity index (χ3v) is 9.62. The predicted molar refractivity (Wildman–Crippen MR) is 193 cm³/mol. The summed E-state index contributed by atoms with van der Waals surface area (Å²) in [6.45, 7) is 0. The van der Waals surface area contributed by atoms with E-state index in [1.54, 1.807) is 0 Å². The van der Waals surface area contributed by atoms with Gasteiger partial charge in [-0.1, -0.05) is 150 Å². The molecule has 7 rings (SSSR count). The minimum Gasteiger partial charge on any atom is -0.338 e. The summed E-state index contributed by atoms with van der Waals surface area (Å²) >= 11 is 2.78. The molecule has 0 aliphatic rings. The molecule has 0 aliphatic carbocycles. The lowest BCUT2D eigenvalue weighted by molar-refractivity contribution is 0.386. The Morgan fingerprint density at radius 2 is 0.918 bits per heavy atom. The average Bonchev–Trinajstić information content (AvgIpc) is 3.64. The Hall–Kier alpha value is -6.00. The second-order valence-electron chi connectivity index (χ2n) is 10.8. The minimum absolute atomic E-state index is 0.329. The smallest absolute Gasteiger partial charge is 0.237 e.